The van der Waals surface area contributed by atoms with E-state index in [1.54, 1.807) is 0 Å². The molecule has 6 heteroatoms. The molecule has 0 fully saturated rings. The first-order chi connectivity index (χ1) is 5.91. The maximum absolute atomic E-state index is 10.1. The van der Waals surface area contributed by atoms with Crippen molar-refractivity contribution in [3.8, 4) is 0 Å². The summed E-state index contributed by atoms with van der Waals surface area (Å²) in [7, 11) is 0. The number of aliphatic carboxylic acids is 2. The molecule has 4 N–H and O–H groups in total. The number of aliphatic hydroxyl groups excluding tert-OH is 2. The molecule has 0 saturated heterocycles. The third-order valence-electron chi connectivity index (χ3n) is 1.36. The molecule has 2 unspecified atom stereocenters. The predicted molar refractivity (Wildman–Crippen MR) is 41.1 cm³/mol. The van der Waals surface area contributed by atoms with Crippen LogP contribution in [0.1, 0.15) is 19.3 Å². The van der Waals surface area contributed by atoms with Crippen LogP contribution in [0.3, 0.4) is 0 Å². The Labute approximate surface area is 74.4 Å². The molecule has 0 aromatic carbocycles. The molecular formula is C7H12O6. The number of hydrogen-bond acceptors (Lipinski definition) is 4. The van der Waals surface area contributed by atoms with Crippen LogP contribution in [0, 0.1) is 0 Å². The van der Waals surface area contributed by atoms with Crippen LogP contribution < -0.4 is 0 Å². The van der Waals surface area contributed by atoms with Gasteiger partial charge in [0.2, 0.25) is 0 Å². The minimum absolute atomic E-state index is 0.237. The van der Waals surface area contributed by atoms with Crippen molar-refractivity contribution in [2.75, 3.05) is 0 Å². The van der Waals surface area contributed by atoms with Gasteiger partial charge in [-0.05, 0) is 0 Å². The zero-order valence-electron chi connectivity index (χ0n) is 6.88. The van der Waals surface area contributed by atoms with Gasteiger partial charge < -0.3 is 20.4 Å². The van der Waals surface area contributed by atoms with Crippen LogP contribution in [-0.2, 0) is 9.59 Å². The number of hydrogen-bond donors (Lipinski definition) is 4. The average Bonchev–Trinajstić information content (AvgIpc) is 1.80. The summed E-state index contributed by atoms with van der Waals surface area (Å²) in [5.74, 6) is -2.37. The van der Waals surface area contributed by atoms with Crippen LogP contribution in [0.25, 0.3) is 0 Å². The van der Waals surface area contributed by atoms with Gasteiger partial charge in [-0.25, -0.2) is 0 Å². The van der Waals surface area contributed by atoms with Gasteiger partial charge in [0.15, 0.2) is 0 Å². The Morgan fingerprint density at radius 3 is 1.46 bits per heavy atom. The average molecular weight is 192 g/mol. The van der Waals surface area contributed by atoms with E-state index in [4.69, 9.17) is 20.4 Å². The summed E-state index contributed by atoms with van der Waals surface area (Å²) in [4.78, 5) is 20.1. The van der Waals surface area contributed by atoms with E-state index in [0.717, 1.165) is 0 Å². The molecule has 6 nitrogen and oxygen atoms in total. The van der Waals surface area contributed by atoms with Crippen molar-refractivity contribution < 1.29 is 30.0 Å². The summed E-state index contributed by atoms with van der Waals surface area (Å²) in [6, 6.07) is 0. The molecule has 0 amide bonds. The molecule has 0 aliphatic rings. The second-order valence-corrected chi connectivity index (χ2v) is 2.74. The van der Waals surface area contributed by atoms with Gasteiger partial charge in [-0.3, -0.25) is 9.59 Å². The van der Waals surface area contributed by atoms with Crippen molar-refractivity contribution in [2.24, 2.45) is 0 Å². The fraction of sp³-hybridized carbons (Fsp3) is 0.714. The maximum Gasteiger partial charge on any atom is 0.305 e. The fourth-order valence-electron chi connectivity index (χ4n) is 0.884. The quantitative estimate of drug-likeness (QED) is 0.431. The van der Waals surface area contributed by atoms with Crippen molar-refractivity contribution in [1.29, 1.82) is 0 Å². The lowest BCUT2D eigenvalue weighted by molar-refractivity contribution is -0.140. The van der Waals surface area contributed by atoms with E-state index >= 15 is 0 Å². The highest BCUT2D eigenvalue weighted by molar-refractivity contribution is 5.68. The van der Waals surface area contributed by atoms with Crippen LogP contribution in [0.5, 0.6) is 0 Å². The first kappa shape index (κ1) is 11.9. The van der Waals surface area contributed by atoms with E-state index in [-0.39, 0.29) is 6.42 Å². The Morgan fingerprint density at radius 1 is 0.923 bits per heavy atom. The van der Waals surface area contributed by atoms with Crippen LogP contribution in [0.4, 0.5) is 0 Å². The molecule has 0 spiro atoms. The minimum atomic E-state index is -1.20. The van der Waals surface area contributed by atoms with Gasteiger partial charge in [0.1, 0.15) is 0 Å². The van der Waals surface area contributed by atoms with E-state index in [1.165, 1.54) is 0 Å². The number of carbonyl (C=O) groups is 2. The SMILES string of the molecule is O=C(O)CC(O)CC(O)CC(=O)O. The summed E-state index contributed by atoms with van der Waals surface area (Å²) in [5.41, 5.74) is 0. The lowest BCUT2D eigenvalue weighted by Gasteiger charge is -2.11. The van der Waals surface area contributed by atoms with Crippen molar-refractivity contribution in [2.45, 2.75) is 31.5 Å². The Kier molecular flexibility index (Phi) is 5.01. The second kappa shape index (κ2) is 5.50. The lowest BCUT2D eigenvalue weighted by atomic mass is 10.1. The molecular weight excluding hydrogens is 180 g/mol. The normalized spacial score (nSPS) is 14.9. The first-order valence-corrected chi connectivity index (χ1v) is 3.71. The van der Waals surface area contributed by atoms with Gasteiger partial charge in [-0.2, -0.15) is 0 Å². The standard InChI is InChI=1S/C7H12O6/c8-4(2-6(10)11)1-5(9)3-7(12)13/h4-5,8-9H,1-3H2,(H,10,11)(H,12,13). The summed E-state index contributed by atoms with van der Waals surface area (Å²) in [6.07, 6.45) is -3.62. The van der Waals surface area contributed by atoms with Crippen molar-refractivity contribution in [3.63, 3.8) is 0 Å². The van der Waals surface area contributed by atoms with Gasteiger partial charge in [-0.1, -0.05) is 0 Å². The zero-order valence-corrected chi connectivity index (χ0v) is 6.88. The summed E-state index contributed by atoms with van der Waals surface area (Å²) in [5, 5.41) is 34.4. The van der Waals surface area contributed by atoms with E-state index < -0.39 is 37.0 Å². The molecule has 2 atom stereocenters. The third kappa shape index (κ3) is 7.23. The molecule has 0 aromatic heterocycles. The van der Waals surface area contributed by atoms with E-state index in [9.17, 15) is 9.59 Å². The molecule has 13 heavy (non-hydrogen) atoms. The highest BCUT2D eigenvalue weighted by atomic mass is 16.4. The van der Waals surface area contributed by atoms with Gasteiger partial charge in [0.25, 0.3) is 0 Å². The van der Waals surface area contributed by atoms with E-state index in [1.807, 2.05) is 0 Å². The molecule has 0 radical (unpaired) electrons. The van der Waals surface area contributed by atoms with E-state index in [2.05, 4.69) is 0 Å². The monoisotopic (exact) mass is 192 g/mol. The second-order valence-electron chi connectivity index (χ2n) is 2.74. The number of carboxylic acid groups (broad SMARTS) is 2. The van der Waals surface area contributed by atoms with Crippen LogP contribution in [0.2, 0.25) is 0 Å². The molecule has 0 aliphatic heterocycles. The van der Waals surface area contributed by atoms with Crippen LogP contribution in [0.15, 0.2) is 0 Å². The van der Waals surface area contributed by atoms with Crippen LogP contribution in [-0.4, -0.2) is 44.6 Å². The molecule has 0 aliphatic carbocycles. The number of carboxylic acids is 2. The van der Waals surface area contributed by atoms with Gasteiger partial charge in [0, 0.05) is 6.42 Å². The molecule has 0 rings (SSSR count). The zero-order chi connectivity index (χ0) is 10.4. The Balaban J connectivity index is 3.70. The lowest BCUT2D eigenvalue weighted by Crippen LogP contribution is -2.22. The smallest absolute Gasteiger partial charge is 0.305 e. The molecule has 0 aromatic rings. The van der Waals surface area contributed by atoms with Gasteiger partial charge in [-0.15, -0.1) is 0 Å². The summed E-state index contributed by atoms with van der Waals surface area (Å²) >= 11 is 0. The largest absolute Gasteiger partial charge is 0.481 e. The molecule has 0 bridgehead atoms. The fourth-order valence-corrected chi connectivity index (χ4v) is 0.884. The van der Waals surface area contributed by atoms with E-state index in [0.29, 0.717) is 0 Å². The molecule has 0 saturated carbocycles. The topological polar surface area (TPSA) is 115 Å². The number of aliphatic hydroxyl groups is 2. The van der Waals surface area contributed by atoms with Gasteiger partial charge in [0.05, 0.1) is 25.0 Å². The maximum atomic E-state index is 10.1. The van der Waals surface area contributed by atoms with Gasteiger partial charge >= 0.3 is 11.9 Å². The summed E-state index contributed by atoms with van der Waals surface area (Å²) in [6.45, 7) is 0. The summed E-state index contributed by atoms with van der Waals surface area (Å²) < 4.78 is 0. The third-order valence-corrected chi connectivity index (χ3v) is 1.36. The highest BCUT2D eigenvalue weighted by Gasteiger charge is 2.16. The van der Waals surface area contributed by atoms with Crippen LogP contribution >= 0.6 is 0 Å². The Morgan fingerprint density at radius 2 is 1.23 bits per heavy atom. The number of rotatable bonds is 6. The predicted octanol–water partition coefficient (Wildman–Crippen LogP) is -0.952. The van der Waals surface area contributed by atoms with Crippen molar-refractivity contribution >= 4 is 11.9 Å². The minimum Gasteiger partial charge on any atom is -0.481 e. The highest BCUT2D eigenvalue weighted by Crippen LogP contribution is 2.05. The molecule has 76 valence electrons. The molecule has 0 heterocycles. The first-order valence-electron chi connectivity index (χ1n) is 3.71. The van der Waals surface area contributed by atoms with Crippen molar-refractivity contribution in [3.05, 3.63) is 0 Å². The van der Waals surface area contributed by atoms with Crippen molar-refractivity contribution in [1.82, 2.24) is 0 Å². The Hall–Kier alpha value is -1.14. The Bertz CT molecular complexity index is 169.